The molecule has 2 aromatic rings. The first-order valence-corrected chi connectivity index (χ1v) is 8.18. The molecular formula is C17H16N6O3. The second-order valence-corrected chi connectivity index (χ2v) is 6.50. The summed E-state index contributed by atoms with van der Waals surface area (Å²) in [6, 6.07) is 7.48. The van der Waals surface area contributed by atoms with Crippen molar-refractivity contribution in [2.24, 2.45) is 5.73 Å². The molecule has 1 atom stereocenters. The number of cyclic esters (lactones) is 1. The van der Waals surface area contributed by atoms with Gasteiger partial charge in [0.15, 0.2) is 5.69 Å². The fourth-order valence-corrected chi connectivity index (χ4v) is 3.07. The molecule has 1 saturated carbocycles. The zero-order valence-electron chi connectivity index (χ0n) is 13.8. The molecule has 1 aliphatic carbocycles. The van der Waals surface area contributed by atoms with Crippen LogP contribution in [0.1, 0.15) is 28.9 Å². The third-order valence-electron chi connectivity index (χ3n) is 4.71. The molecule has 0 spiro atoms. The average molecular weight is 352 g/mol. The van der Waals surface area contributed by atoms with E-state index in [9.17, 15) is 9.59 Å². The van der Waals surface area contributed by atoms with Gasteiger partial charge in [-0.2, -0.15) is 0 Å². The van der Waals surface area contributed by atoms with Crippen LogP contribution in [0.5, 0.6) is 0 Å². The summed E-state index contributed by atoms with van der Waals surface area (Å²) in [6.07, 6.45) is 2.34. The smallest absolute Gasteiger partial charge is 0.414 e. The average Bonchev–Trinajstić information content (AvgIpc) is 3.15. The van der Waals surface area contributed by atoms with Gasteiger partial charge in [-0.05, 0) is 24.3 Å². The van der Waals surface area contributed by atoms with E-state index in [1.807, 2.05) is 24.3 Å². The molecular weight excluding hydrogens is 336 g/mol. The Labute approximate surface area is 149 Å². The van der Waals surface area contributed by atoms with Gasteiger partial charge in [0.05, 0.1) is 19.3 Å². The lowest BCUT2D eigenvalue weighted by atomic mass is 10.1. The second-order valence-electron chi connectivity index (χ2n) is 6.50. The Morgan fingerprint density at radius 2 is 2.12 bits per heavy atom. The zero-order chi connectivity index (χ0) is 18.3. The summed E-state index contributed by atoms with van der Waals surface area (Å²) < 4.78 is 6.79. The van der Waals surface area contributed by atoms with Crippen LogP contribution in [0.4, 0.5) is 10.5 Å². The molecule has 9 heteroatoms. The molecule has 26 heavy (non-hydrogen) atoms. The summed E-state index contributed by atoms with van der Waals surface area (Å²) in [4.78, 5) is 28.5. The number of ether oxygens (including phenoxy) is 1. The minimum atomic E-state index is -0.658. The number of nitrogens with two attached hydrogens (primary N) is 1. The number of hydrogen-bond acceptors (Lipinski definition) is 5. The summed E-state index contributed by atoms with van der Waals surface area (Å²) in [7, 11) is 0. The van der Waals surface area contributed by atoms with Gasteiger partial charge in [-0.15, -0.1) is 5.10 Å². The third-order valence-corrected chi connectivity index (χ3v) is 4.71. The Balaban J connectivity index is 1.44. The monoisotopic (exact) mass is 352 g/mol. The fourth-order valence-electron chi connectivity index (χ4n) is 3.07. The van der Waals surface area contributed by atoms with Gasteiger partial charge < -0.3 is 15.3 Å². The number of primary amides is 1. The number of nitrogens with zero attached hydrogens (tertiary/aromatic N) is 5. The predicted molar refractivity (Wildman–Crippen MR) is 90.1 cm³/mol. The first kappa shape index (κ1) is 16.1. The van der Waals surface area contributed by atoms with E-state index in [2.05, 4.69) is 15.2 Å². The lowest BCUT2D eigenvalue weighted by Crippen LogP contribution is -2.26. The van der Waals surface area contributed by atoms with Gasteiger partial charge in [0, 0.05) is 24.1 Å². The predicted octanol–water partition coefficient (Wildman–Crippen LogP) is 1.31. The normalized spacial score (nSPS) is 20.5. The van der Waals surface area contributed by atoms with Crippen LogP contribution in [-0.4, -0.2) is 39.6 Å². The highest BCUT2D eigenvalue weighted by molar-refractivity contribution is 5.90. The second kappa shape index (κ2) is 5.84. The van der Waals surface area contributed by atoms with Crippen molar-refractivity contribution in [2.75, 3.05) is 11.4 Å². The molecule has 2 N–H and O–H groups in total. The van der Waals surface area contributed by atoms with Gasteiger partial charge in [0.2, 0.25) is 0 Å². The van der Waals surface area contributed by atoms with E-state index in [4.69, 9.17) is 17.0 Å². The van der Waals surface area contributed by atoms with Crippen molar-refractivity contribution in [1.82, 2.24) is 15.0 Å². The Hall–Kier alpha value is -3.41. The number of anilines is 1. The molecule has 1 aliphatic heterocycles. The number of carbonyl (C=O) groups excluding carboxylic acids is 2. The van der Waals surface area contributed by atoms with Crippen LogP contribution in [0, 0.1) is 6.57 Å². The molecule has 2 aliphatic rings. The van der Waals surface area contributed by atoms with Crippen molar-refractivity contribution in [3.63, 3.8) is 0 Å². The van der Waals surface area contributed by atoms with E-state index in [-0.39, 0.29) is 17.8 Å². The highest BCUT2D eigenvalue weighted by atomic mass is 16.6. The van der Waals surface area contributed by atoms with E-state index in [0.717, 1.165) is 24.1 Å². The largest absolute Gasteiger partial charge is 0.442 e. The summed E-state index contributed by atoms with van der Waals surface area (Å²) in [6.45, 7) is 7.96. The van der Waals surface area contributed by atoms with Crippen LogP contribution in [0.15, 0.2) is 30.5 Å². The van der Waals surface area contributed by atoms with E-state index in [1.165, 1.54) is 15.8 Å². The number of benzene rings is 1. The molecule has 1 unspecified atom stereocenters. The van der Waals surface area contributed by atoms with E-state index in [1.54, 1.807) is 0 Å². The van der Waals surface area contributed by atoms with Crippen molar-refractivity contribution in [3.8, 4) is 0 Å². The van der Waals surface area contributed by atoms with Crippen LogP contribution < -0.4 is 10.6 Å². The van der Waals surface area contributed by atoms with Crippen LogP contribution >= 0.6 is 0 Å². The fraction of sp³-hybridized carbons (Fsp3) is 0.353. The van der Waals surface area contributed by atoms with Crippen LogP contribution in [-0.2, 0) is 16.8 Å². The molecule has 1 aromatic carbocycles. The number of rotatable bonds is 5. The number of amides is 2. The highest BCUT2D eigenvalue weighted by Gasteiger charge is 2.52. The minimum Gasteiger partial charge on any atom is -0.442 e. The van der Waals surface area contributed by atoms with Gasteiger partial charge in [-0.25, -0.2) is 16.0 Å². The first-order chi connectivity index (χ1) is 12.5. The first-order valence-electron chi connectivity index (χ1n) is 8.18. The van der Waals surface area contributed by atoms with Crippen LogP contribution in [0.25, 0.3) is 4.85 Å². The molecule has 4 rings (SSSR count). The van der Waals surface area contributed by atoms with Gasteiger partial charge in [0.25, 0.3) is 11.4 Å². The molecule has 132 valence electrons. The van der Waals surface area contributed by atoms with Crippen molar-refractivity contribution >= 4 is 17.7 Å². The molecule has 1 aromatic heterocycles. The highest BCUT2D eigenvalue weighted by Crippen LogP contribution is 2.49. The third kappa shape index (κ3) is 2.75. The van der Waals surface area contributed by atoms with Gasteiger partial charge in [0.1, 0.15) is 6.10 Å². The topological polar surface area (TPSA) is 108 Å². The van der Waals surface area contributed by atoms with Gasteiger partial charge in [-0.3, -0.25) is 9.69 Å². The molecule has 0 bridgehead atoms. The zero-order valence-corrected chi connectivity index (χ0v) is 13.8. The Morgan fingerprint density at radius 3 is 2.69 bits per heavy atom. The van der Waals surface area contributed by atoms with Crippen molar-refractivity contribution in [2.45, 2.75) is 31.0 Å². The summed E-state index contributed by atoms with van der Waals surface area (Å²) in [5, 5.41) is 7.47. The maximum Gasteiger partial charge on any atom is 0.414 e. The number of aromatic nitrogens is 3. The molecule has 1 saturated heterocycles. The Morgan fingerprint density at radius 1 is 1.38 bits per heavy atom. The molecule has 2 fully saturated rings. The standard InChI is InChI=1S/C17H16N6O3/c1-19-17(6-7-17)11-2-4-12(5-3-11)23-9-13(26-16(23)25)8-22-10-14(15(18)24)20-21-22/h2-5,10,13H,6-9H2,(H2,18,24). The van der Waals surface area contributed by atoms with Crippen molar-refractivity contribution < 1.29 is 14.3 Å². The summed E-state index contributed by atoms with van der Waals surface area (Å²) >= 11 is 0. The number of carbonyl (C=O) groups is 2. The Kier molecular flexibility index (Phi) is 3.61. The van der Waals surface area contributed by atoms with Crippen LogP contribution in [0.3, 0.4) is 0 Å². The number of hydrogen-bond donors (Lipinski definition) is 1. The molecule has 0 radical (unpaired) electrons. The Bertz CT molecular complexity index is 909. The van der Waals surface area contributed by atoms with E-state index >= 15 is 0 Å². The molecule has 2 heterocycles. The quantitative estimate of drug-likeness (QED) is 0.816. The molecule has 2 amide bonds. The molecule has 9 nitrogen and oxygen atoms in total. The lowest BCUT2D eigenvalue weighted by Gasteiger charge is -2.13. The maximum atomic E-state index is 12.2. The summed E-state index contributed by atoms with van der Waals surface area (Å²) in [5.41, 5.74) is 6.56. The maximum absolute atomic E-state index is 12.2. The van der Waals surface area contributed by atoms with Crippen molar-refractivity contribution in [3.05, 3.63) is 53.1 Å². The SMILES string of the molecule is [C-]#[N+]C1(c2ccc(N3CC(Cn4cc(C(N)=O)nn4)OC3=O)cc2)CC1. The van der Waals surface area contributed by atoms with Crippen molar-refractivity contribution in [1.29, 1.82) is 0 Å². The lowest BCUT2D eigenvalue weighted by molar-refractivity contribution is 0.0995. The summed E-state index contributed by atoms with van der Waals surface area (Å²) in [5.74, 6) is -0.658. The van der Waals surface area contributed by atoms with E-state index < -0.39 is 18.1 Å². The minimum absolute atomic E-state index is 0.0654. The van der Waals surface area contributed by atoms with E-state index in [0.29, 0.717) is 6.54 Å². The van der Waals surface area contributed by atoms with Crippen LogP contribution in [0.2, 0.25) is 0 Å². The van der Waals surface area contributed by atoms with Gasteiger partial charge in [-0.1, -0.05) is 5.21 Å². The van der Waals surface area contributed by atoms with Gasteiger partial charge >= 0.3 is 6.09 Å².